The number of likely N-dealkylation sites (N-methyl/N-ethyl adjacent to an activating group) is 1. The van der Waals surface area contributed by atoms with Gasteiger partial charge in [0.05, 0.1) is 5.69 Å². The lowest BCUT2D eigenvalue weighted by Gasteiger charge is -2.37. The van der Waals surface area contributed by atoms with E-state index in [0.717, 1.165) is 30.9 Å². The second-order valence-electron chi connectivity index (χ2n) is 6.81. The lowest BCUT2D eigenvalue weighted by atomic mass is 10.1. The van der Waals surface area contributed by atoms with Crippen molar-refractivity contribution in [3.05, 3.63) is 29.2 Å². The number of rotatable bonds is 3. The molecule has 2 aromatic heterocycles. The SMILES string of the molecule is Cc1cc(C(=O)N2CCN(C)C(c3nc(C4CC4)no3)C2)n(C)n1. The molecule has 1 aliphatic carbocycles. The summed E-state index contributed by atoms with van der Waals surface area (Å²) in [5.41, 5.74) is 1.46. The summed E-state index contributed by atoms with van der Waals surface area (Å²) >= 11 is 0. The van der Waals surface area contributed by atoms with Crippen LogP contribution in [0.15, 0.2) is 10.6 Å². The fourth-order valence-electron chi connectivity index (χ4n) is 3.19. The normalized spacial score (nSPS) is 22.1. The zero-order chi connectivity index (χ0) is 16.8. The number of hydrogen-bond acceptors (Lipinski definition) is 6. The zero-order valence-corrected chi connectivity index (χ0v) is 14.3. The third-order valence-corrected chi connectivity index (χ3v) is 4.84. The average Bonchev–Trinajstić information content (AvgIpc) is 3.19. The molecule has 1 saturated carbocycles. The van der Waals surface area contributed by atoms with Gasteiger partial charge in [-0.3, -0.25) is 14.4 Å². The van der Waals surface area contributed by atoms with E-state index in [-0.39, 0.29) is 11.9 Å². The van der Waals surface area contributed by atoms with Gasteiger partial charge in [0.15, 0.2) is 5.82 Å². The molecule has 1 unspecified atom stereocenters. The molecule has 4 rings (SSSR count). The quantitative estimate of drug-likeness (QED) is 0.839. The summed E-state index contributed by atoms with van der Waals surface area (Å²) in [4.78, 5) is 21.4. The van der Waals surface area contributed by atoms with Gasteiger partial charge in [0.2, 0.25) is 5.89 Å². The average molecular weight is 330 g/mol. The zero-order valence-electron chi connectivity index (χ0n) is 14.3. The molecule has 0 spiro atoms. The third-order valence-electron chi connectivity index (χ3n) is 4.84. The summed E-state index contributed by atoms with van der Waals surface area (Å²) in [5.74, 6) is 1.88. The van der Waals surface area contributed by atoms with Gasteiger partial charge in [-0.1, -0.05) is 5.16 Å². The predicted octanol–water partition coefficient (Wildman–Crippen LogP) is 1.12. The highest BCUT2D eigenvalue weighted by molar-refractivity contribution is 5.92. The Morgan fingerprint density at radius 1 is 1.29 bits per heavy atom. The minimum Gasteiger partial charge on any atom is -0.338 e. The van der Waals surface area contributed by atoms with E-state index < -0.39 is 0 Å². The molecule has 8 nitrogen and oxygen atoms in total. The monoisotopic (exact) mass is 330 g/mol. The first-order valence-electron chi connectivity index (χ1n) is 8.36. The van der Waals surface area contributed by atoms with Crippen LogP contribution in [-0.4, -0.2) is 62.3 Å². The highest BCUT2D eigenvalue weighted by atomic mass is 16.5. The number of aryl methyl sites for hydroxylation is 2. The summed E-state index contributed by atoms with van der Waals surface area (Å²) in [6.07, 6.45) is 2.29. The summed E-state index contributed by atoms with van der Waals surface area (Å²) < 4.78 is 7.12. The smallest absolute Gasteiger partial charge is 0.272 e. The van der Waals surface area contributed by atoms with Crippen LogP contribution < -0.4 is 0 Å². The molecule has 2 aromatic rings. The lowest BCUT2D eigenvalue weighted by Crippen LogP contribution is -2.49. The van der Waals surface area contributed by atoms with Gasteiger partial charge in [0.25, 0.3) is 5.91 Å². The first kappa shape index (κ1) is 15.3. The number of amides is 1. The van der Waals surface area contributed by atoms with Crippen LogP contribution in [0, 0.1) is 6.92 Å². The van der Waals surface area contributed by atoms with E-state index in [1.807, 2.05) is 24.9 Å². The Balaban J connectivity index is 1.53. The Morgan fingerprint density at radius 2 is 2.08 bits per heavy atom. The van der Waals surface area contributed by atoms with Gasteiger partial charge in [-0.15, -0.1) is 0 Å². The molecule has 128 valence electrons. The topological polar surface area (TPSA) is 80.3 Å². The van der Waals surface area contributed by atoms with Gasteiger partial charge in [-0.25, -0.2) is 0 Å². The molecule has 24 heavy (non-hydrogen) atoms. The van der Waals surface area contributed by atoms with Gasteiger partial charge in [0, 0.05) is 32.6 Å². The minimum absolute atomic E-state index is 0.00173. The standard InChI is InChI=1S/C16H22N6O2/c1-10-8-12(21(3)18-10)16(23)22-7-6-20(2)13(9-22)15-17-14(19-24-15)11-4-5-11/h8,11,13H,4-7,9H2,1-3H3. The fourth-order valence-corrected chi connectivity index (χ4v) is 3.19. The van der Waals surface area contributed by atoms with Crippen molar-refractivity contribution < 1.29 is 9.32 Å². The van der Waals surface area contributed by atoms with Crippen molar-refractivity contribution in [3.63, 3.8) is 0 Å². The van der Waals surface area contributed by atoms with Crippen molar-refractivity contribution in [3.8, 4) is 0 Å². The van der Waals surface area contributed by atoms with Crippen LogP contribution in [0.2, 0.25) is 0 Å². The number of aromatic nitrogens is 4. The number of carbonyl (C=O) groups is 1. The van der Waals surface area contributed by atoms with Crippen molar-refractivity contribution in [2.75, 3.05) is 26.7 Å². The van der Waals surface area contributed by atoms with E-state index in [1.165, 1.54) is 0 Å². The van der Waals surface area contributed by atoms with Crippen molar-refractivity contribution in [2.24, 2.45) is 7.05 Å². The maximum absolute atomic E-state index is 12.8. The van der Waals surface area contributed by atoms with Gasteiger partial charge < -0.3 is 9.42 Å². The third kappa shape index (κ3) is 2.71. The van der Waals surface area contributed by atoms with Gasteiger partial charge in [-0.2, -0.15) is 10.1 Å². The Labute approximate surface area is 140 Å². The van der Waals surface area contributed by atoms with Gasteiger partial charge in [-0.05, 0) is 32.9 Å². The highest BCUT2D eigenvalue weighted by Gasteiger charge is 2.35. The van der Waals surface area contributed by atoms with Crippen molar-refractivity contribution in [2.45, 2.75) is 31.7 Å². The Hall–Kier alpha value is -2.22. The molecule has 2 aliphatic rings. The Morgan fingerprint density at radius 3 is 2.75 bits per heavy atom. The van der Waals surface area contributed by atoms with Gasteiger partial charge in [0.1, 0.15) is 11.7 Å². The van der Waals surface area contributed by atoms with E-state index in [2.05, 4.69) is 20.1 Å². The summed E-state index contributed by atoms with van der Waals surface area (Å²) in [5, 5.41) is 8.37. The molecule has 0 N–H and O–H groups in total. The number of piperazine rings is 1. The Kier molecular flexibility index (Phi) is 3.64. The molecule has 8 heteroatoms. The summed E-state index contributed by atoms with van der Waals surface area (Å²) in [6.45, 7) is 3.89. The largest absolute Gasteiger partial charge is 0.338 e. The molecule has 0 aromatic carbocycles. The molecule has 3 heterocycles. The van der Waals surface area contributed by atoms with E-state index in [0.29, 0.717) is 30.6 Å². The first-order chi connectivity index (χ1) is 11.5. The van der Waals surface area contributed by atoms with Crippen LogP contribution in [0.1, 0.15) is 52.7 Å². The Bertz CT molecular complexity index is 762. The molecular formula is C16H22N6O2. The molecule has 0 radical (unpaired) electrons. The molecule has 1 amide bonds. The second kappa shape index (κ2) is 5.70. The van der Waals surface area contributed by atoms with Crippen LogP contribution in [-0.2, 0) is 7.05 Å². The number of hydrogen-bond donors (Lipinski definition) is 0. The molecular weight excluding hydrogens is 308 g/mol. The van der Waals surface area contributed by atoms with Crippen LogP contribution in [0.4, 0.5) is 0 Å². The van der Waals surface area contributed by atoms with Crippen LogP contribution in [0.3, 0.4) is 0 Å². The second-order valence-corrected chi connectivity index (χ2v) is 6.81. The fraction of sp³-hybridized carbons (Fsp3) is 0.625. The van der Waals surface area contributed by atoms with E-state index >= 15 is 0 Å². The minimum atomic E-state index is -0.0583. The predicted molar refractivity (Wildman–Crippen MR) is 85.5 cm³/mol. The van der Waals surface area contributed by atoms with E-state index in [4.69, 9.17) is 4.52 Å². The maximum Gasteiger partial charge on any atom is 0.272 e. The highest BCUT2D eigenvalue weighted by Crippen LogP contribution is 2.38. The maximum atomic E-state index is 12.8. The molecule has 1 atom stereocenters. The summed E-state index contributed by atoms with van der Waals surface area (Å²) in [7, 11) is 3.83. The molecule has 2 fully saturated rings. The first-order valence-corrected chi connectivity index (χ1v) is 8.36. The van der Waals surface area contributed by atoms with Crippen molar-refractivity contribution in [1.82, 2.24) is 29.7 Å². The van der Waals surface area contributed by atoms with Crippen molar-refractivity contribution in [1.29, 1.82) is 0 Å². The van der Waals surface area contributed by atoms with Crippen LogP contribution in [0.25, 0.3) is 0 Å². The van der Waals surface area contributed by atoms with E-state index in [9.17, 15) is 4.79 Å². The van der Waals surface area contributed by atoms with Crippen LogP contribution in [0.5, 0.6) is 0 Å². The molecule has 1 saturated heterocycles. The van der Waals surface area contributed by atoms with Crippen LogP contribution >= 0.6 is 0 Å². The molecule has 1 aliphatic heterocycles. The number of nitrogens with zero attached hydrogens (tertiary/aromatic N) is 6. The summed E-state index contributed by atoms with van der Waals surface area (Å²) in [6, 6.07) is 1.77. The molecule has 0 bridgehead atoms. The van der Waals surface area contributed by atoms with Gasteiger partial charge >= 0.3 is 0 Å². The van der Waals surface area contributed by atoms with E-state index in [1.54, 1.807) is 11.7 Å². The lowest BCUT2D eigenvalue weighted by molar-refractivity contribution is 0.0479. The number of carbonyl (C=O) groups excluding carboxylic acids is 1. The van der Waals surface area contributed by atoms with Crippen molar-refractivity contribution >= 4 is 5.91 Å².